The number of rotatable bonds is 5. The number of tetrazole rings is 1. The number of hydrogen-bond acceptors (Lipinski definition) is 5. The molecule has 1 aliphatic heterocycles. The van der Waals surface area contributed by atoms with E-state index in [9.17, 15) is 5.11 Å². The van der Waals surface area contributed by atoms with Crippen LogP contribution in [0.4, 0.5) is 0 Å². The van der Waals surface area contributed by atoms with Crippen molar-refractivity contribution in [1.29, 1.82) is 0 Å². The van der Waals surface area contributed by atoms with Gasteiger partial charge in [0.05, 0.1) is 6.10 Å². The van der Waals surface area contributed by atoms with Gasteiger partial charge in [-0.15, -0.1) is 10.2 Å². The second kappa shape index (κ2) is 5.07. The Balaban J connectivity index is 1.48. The van der Waals surface area contributed by atoms with Crippen molar-refractivity contribution in [3.63, 3.8) is 0 Å². The average molecular weight is 279 g/mol. The van der Waals surface area contributed by atoms with Gasteiger partial charge in [-0.1, -0.05) is 19.1 Å². The SMILES string of the molecule is CC(C)(CCCN1CC(O)CC2(CC2)C1)c1nn[nH]n1. The summed E-state index contributed by atoms with van der Waals surface area (Å²) in [5.74, 6) is 0.787. The number of likely N-dealkylation sites (tertiary alicyclic amines) is 1. The van der Waals surface area contributed by atoms with Crippen molar-refractivity contribution in [1.82, 2.24) is 25.5 Å². The number of H-pyrrole nitrogens is 1. The molecule has 0 aromatic carbocycles. The molecule has 2 aliphatic rings. The predicted octanol–water partition coefficient (Wildman–Crippen LogP) is 1.10. The fourth-order valence-electron chi connectivity index (χ4n) is 3.48. The van der Waals surface area contributed by atoms with E-state index < -0.39 is 0 Å². The van der Waals surface area contributed by atoms with Crippen molar-refractivity contribution >= 4 is 0 Å². The molecule has 1 saturated carbocycles. The molecule has 2 fully saturated rings. The molecule has 6 heteroatoms. The lowest BCUT2D eigenvalue weighted by Gasteiger charge is -2.36. The number of nitrogens with zero attached hydrogens (tertiary/aromatic N) is 4. The van der Waals surface area contributed by atoms with Crippen LogP contribution in [0.25, 0.3) is 0 Å². The zero-order chi connectivity index (χ0) is 14.2. The minimum Gasteiger partial charge on any atom is -0.392 e. The second-order valence-electron chi connectivity index (χ2n) is 7.32. The maximum absolute atomic E-state index is 9.99. The number of aromatic nitrogens is 4. The van der Waals surface area contributed by atoms with E-state index >= 15 is 0 Å². The minimum absolute atomic E-state index is 0.0430. The van der Waals surface area contributed by atoms with Crippen LogP contribution in [0.3, 0.4) is 0 Å². The predicted molar refractivity (Wildman–Crippen MR) is 75.2 cm³/mol. The maximum atomic E-state index is 9.99. The molecular weight excluding hydrogens is 254 g/mol. The molecule has 1 aliphatic carbocycles. The summed E-state index contributed by atoms with van der Waals surface area (Å²) in [6.07, 6.45) is 5.62. The first-order valence-corrected chi connectivity index (χ1v) is 7.64. The number of piperidine rings is 1. The highest BCUT2D eigenvalue weighted by Gasteiger charge is 2.47. The molecule has 1 spiro atoms. The number of β-amino-alcohol motifs (C(OH)–C–C–N with tert-alkyl or cyclic N) is 1. The van der Waals surface area contributed by atoms with Crippen LogP contribution in [0.5, 0.6) is 0 Å². The first-order valence-electron chi connectivity index (χ1n) is 7.64. The smallest absolute Gasteiger partial charge is 0.180 e. The third kappa shape index (κ3) is 3.01. The zero-order valence-corrected chi connectivity index (χ0v) is 12.5. The van der Waals surface area contributed by atoms with E-state index in [1.165, 1.54) is 19.4 Å². The van der Waals surface area contributed by atoms with Gasteiger partial charge in [-0.3, -0.25) is 0 Å². The topological polar surface area (TPSA) is 77.9 Å². The first kappa shape index (κ1) is 13.9. The average Bonchev–Trinajstić information content (AvgIpc) is 2.92. The third-order valence-electron chi connectivity index (χ3n) is 4.88. The molecule has 0 radical (unpaired) electrons. The Labute approximate surface area is 119 Å². The Morgan fingerprint density at radius 3 is 2.90 bits per heavy atom. The van der Waals surface area contributed by atoms with Gasteiger partial charge in [0.1, 0.15) is 0 Å². The van der Waals surface area contributed by atoms with Crippen LogP contribution in [0.2, 0.25) is 0 Å². The van der Waals surface area contributed by atoms with E-state index in [-0.39, 0.29) is 11.5 Å². The number of nitrogens with one attached hydrogen (secondary N) is 1. The second-order valence-corrected chi connectivity index (χ2v) is 7.32. The summed E-state index contributed by atoms with van der Waals surface area (Å²) in [6.45, 7) is 7.38. The molecule has 0 amide bonds. The Morgan fingerprint density at radius 2 is 2.25 bits per heavy atom. The largest absolute Gasteiger partial charge is 0.392 e. The standard InChI is InChI=1S/C14H25N5O/c1-13(2,12-15-17-18-16-12)4-3-7-19-9-11(20)8-14(10-19)5-6-14/h11,20H,3-10H2,1-2H3,(H,15,16,17,18). The van der Waals surface area contributed by atoms with Crippen LogP contribution in [-0.2, 0) is 5.41 Å². The van der Waals surface area contributed by atoms with Crippen LogP contribution >= 0.6 is 0 Å². The highest BCUT2D eigenvalue weighted by atomic mass is 16.3. The Hall–Kier alpha value is -1.01. The monoisotopic (exact) mass is 279 g/mol. The lowest BCUT2D eigenvalue weighted by Crippen LogP contribution is -2.44. The summed E-state index contributed by atoms with van der Waals surface area (Å²) in [4.78, 5) is 2.44. The molecule has 3 rings (SSSR count). The van der Waals surface area contributed by atoms with Gasteiger partial charge in [0, 0.05) is 18.5 Å². The van der Waals surface area contributed by atoms with Crippen LogP contribution < -0.4 is 0 Å². The van der Waals surface area contributed by atoms with Crippen molar-refractivity contribution in [2.24, 2.45) is 5.41 Å². The van der Waals surface area contributed by atoms with E-state index in [4.69, 9.17) is 0 Å². The zero-order valence-electron chi connectivity index (χ0n) is 12.5. The molecule has 20 heavy (non-hydrogen) atoms. The molecule has 1 aromatic rings. The van der Waals surface area contributed by atoms with E-state index in [1.807, 2.05) is 0 Å². The molecule has 112 valence electrons. The number of hydrogen-bond donors (Lipinski definition) is 2. The van der Waals surface area contributed by atoms with Gasteiger partial charge in [-0.05, 0) is 44.1 Å². The molecular formula is C14H25N5O. The van der Waals surface area contributed by atoms with Gasteiger partial charge in [-0.2, -0.15) is 5.21 Å². The highest BCUT2D eigenvalue weighted by Crippen LogP contribution is 2.52. The van der Waals surface area contributed by atoms with Crippen LogP contribution in [-0.4, -0.2) is 56.4 Å². The number of aromatic amines is 1. The molecule has 1 aromatic heterocycles. The fraction of sp³-hybridized carbons (Fsp3) is 0.929. The lowest BCUT2D eigenvalue weighted by molar-refractivity contribution is 0.0296. The first-order chi connectivity index (χ1) is 9.49. The van der Waals surface area contributed by atoms with Gasteiger partial charge in [0.15, 0.2) is 5.82 Å². The quantitative estimate of drug-likeness (QED) is 0.844. The van der Waals surface area contributed by atoms with Crippen molar-refractivity contribution in [3.05, 3.63) is 5.82 Å². The Morgan fingerprint density at radius 1 is 1.45 bits per heavy atom. The minimum atomic E-state index is -0.128. The summed E-state index contributed by atoms with van der Waals surface area (Å²) in [5.41, 5.74) is 0.416. The van der Waals surface area contributed by atoms with Crippen molar-refractivity contribution < 1.29 is 5.11 Å². The maximum Gasteiger partial charge on any atom is 0.180 e. The summed E-state index contributed by atoms with van der Waals surface area (Å²) >= 11 is 0. The molecule has 6 nitrogen and oxygen atoms in total. The normalized spacial score (nSPS) is 26.1. The lowest BCUT2D eigenvalue weighted by atomic mass is 9.86. The summed E-state index contributed by atoms with van der Waals surface area (Å²) in [7, 11) is 0. The molecule has 0 bridgehead atoms. The third-order valence-corrected chi connectivity index (χ3v) is 4.88. The fourth-order valence-corrected chi connectivity index (χ4v) is 3.48. The van der Waals surface area contributed by atoms with Crippen LogP contribution in [0, 0.1) is 5.41 Å². The molecule has 1 unspecified atom stereocenters. The highest BCUT2D eigenvalue weighted by molar-refractivity contribution is 5.01. The van der Waals surface area contributed by atoms with Crippen LogP contribution in [0.15, 0.2) is 0 Å². The Bertz CT molecular complexity index is 440. The van der Waals surface area contributed by atoms with E-state index in [2.05, 4.69) is 39.4 Å². The van der Waals surface area contributed by atoms with Gasteiger partial charge < -0.3 is 10.0 Å². The van der Waals surface area contributed by atoms with Gasteiger partial charge in [0.2, 0.25) is 0 Å². The van der Waals surface area contributed by atoms with Crippen LogP contribution in [0.1, 0.15) is 51.8 Å². The summed E-state index contributed by atoms with van der Waals surface area (Å²) in [5, 5.41) is 24.4. The van der Waals surface area contributed by atoms with Crippen molar-refractivity contribution in [2.45, 2.75) is 57.5 Å². The Kier molecular flexibility index (Phi) is 3.54. The number of aliphatic hydroxyl groups excluding tert-OH is 1. The summed E-state index contributed by atoms with van der Waals surface area (Å²) in [6, 6.07) is 0. The van der Waals surface area contributed by atoms with E-state index in [0.717, 1.165) is 38.2 Å². The van der Waals surface area contributed by atoms with E-state index in [0.29, 0.717) is 5.41 Å². The van der Waals surface area contributed by atoms with Gasteiger partial charge in [-0.25, -0.2) is 0 Å². The van der Waals surface area contributed by atoms with Crippen molar-refractivity contribution in [2.75, 3.05) is 19.6 Å². The van der Waals surface area contributed by atoms with Gasteiger partial charge in [0.25, 0.3) is 0 Å². The summed E-state index contributed by atoms with van der Waals surface area (Å²) < 4.78 is 0. The molecule has 1 saturated heterocycles. The van der Waals surface area contributed by atoms with E-state index in [1.54, 1.807) is 0 Å². The van der Waals surface area contributed by atoms with Gasteiger partial charge >= 0.3 is 0 Å². The molecule has 2 N–H and O–H groups in total. The van der Waals surface area contributed by atoms with Crippen molar-refractivity contribution in [3.8, 4) is 0 Å². The number of aliphatic hydroxyl groups is 1. The molecule has 1 atom stereocenters. The molecule has 2 heterocycles.